The summed E-state index contributed by atoms with van der Waals surface area (Å²) in [6.07, 6.45) is 1.95. The second-order valence-electron chi connectivity index (χ2n) is 4.03. The summed E-state index contributed by atoms with van der Waals surface area (Å²) in [5.41, 5.74) is -0.947. The van der Waals surface area contributed by atoms with E-state index in [-0.39, 0.29) is 5.56 Å². The zero-order valence-electron chi connectivity index (χ0n) is 9.19. The highest BCUT2D eigenvalue weighted by atomic mass is 32.2. The van der Waals surface area contributed by atoms with E-state index in [4.69, 9.17) is 5.11 Å². The molecule has 0 aliphatic carbocycles. The van der Waals surface area contributed by atoms with Crippen LogP contribution in [0.15, 0.2) is 22.2 Å². The summed E-state index contributed by atoms with van der Waals surface area (Å²) in [5, 5.41) is 9.42. The van der Waals surface area contributed by atoms with Gasteiger partial charge in [0.25, 0.3) is 5.56 Å². The van der Waals surface area contributed by atoms with E-state index in [0.29, 0.717) is 17.3 Å². The maximum absolute atomic E-state index is 11.0. The number of carboxylic acids is 1. The first-order valence-corrected chi connectivity index (χ1v) is 5.82. The molecular weight excluding hydrogens is 228 g/mol. The van der Waals surface area contributed by atoms with Crippen LogP contribution in [-0.4, -0.2) is 26.8 Å². The van der Waals surface area contributed by atoms with Crippen molar-refractivity contribution in [3.8, 4) is 0 Å². The third-order valence-electron chi connectivity index (χ3n) is 2.19. The van der Waals surface area contributed by atoms with Crippen LogP contribution in [-0.2, 0) is 4.79 Å². The number of thioether (sulfide) groups is 1. The molecule has 0 radical (unpaired) electrons. The van der Waals surface area contributed by atoms with Crippen LogP contribution in [0, 0.1) is 5.41 Å². The standard InChI is InChI=1S/C10H14N2O3S/c1-10(2,8(14)15)4-6-16-9-11-5-3-7(13)12-9/h3,5H,4,6H2,1-2H3,(H,14,15)(H,11,12,13). The van der Waals surface area contributed by atoms with Crippen molar-refractivity contribution >= 4 is 17.7 Å². The molecule has 6 heteroatoms. The average Bonchev–Trinajstić information content (AvgIpc) is 2.17. The topological polar surface area (TPSA) is 83.0 Å². The molecule has 88 valence electrons. The molecule has 0 fully saturated rings. The number of carbonyl (C=O) groups is 1. The maximum atomic E-state index is 11.0. The molecular formula is C10H14N2O3S. The Balaban J connectivity index is 2.48. The lowest BCUT2D eigenvalue weighted by Crippen LogP contribution is -2.24. The Morgan fingerprint density at radius 2 is 2.31 bits per heavy atom. The largest absolute Gasteiger partial charge is 0.481 e. The van der Waals surface area contributed by atoms with Crippen LogP contribution >= 0.6 is 11.8 Å². The van der Waals surface area contributed by atoms with Crippen molar-refractivity contribution in [2.45, 2.75) is 25.4 Å². The number of nitrogens with one attached hydrogen (secondary N) is 1. The van der Waals surface area contributed by atoms with Crippen molar-refractivity contribution in [2.24, 2.45) is 5.41 Å². The van der Waals surface area contributed by atoms with Crippen molar-refractivity contribution in [1.82, 2.24) is 9.97 Å². The smallest absolute Gasteiger partial charge is 0.309 e. The maximum Gasteiger partial charge on any atom is 0.309 e. The molecule has 16 heavy (non-hydrogen) atoms. The first-order valence-electron chi connectivity index (χ1n) is 4.83. The quantitative estimate of drug-likeness (QED) is 0.601. The summed E-state index contributed by atoms with van der Waals surface area (Å²) in [7, 11) is 0. The summed E-state index contributed by atoms with van der Waals surface area (Å²) in [6, 6.07) is 1.34. The van der Waals surface area contributed by atoms with E-state index in [1.165, 1.54) is 24.0 Å². The van der Waals surface area contributed by atoms with E-state index in [2.05, 4.69) is 9.97 Å². The van der Waals surface area contributed by atoms with E-state index in [1.54, 1.807) is 13.8 Å². The molecule has 0 unspecified atom stereocenters. The molecule has 0 amide bonds. The second kappa shape index (κ2) is 5.16. The zero-order valence-corrected chi connectivity index (χ0v) is 10.0. The molecule has 1 aromatic heterocycles. The number of hydrogen-bond acceptors (Lipinski definition) is 4. The Hall–Kier alpha value is -1.30. The molecule has 2 N–H and O–H groups in total. The molecule has 0 aliphatic rings. The molecule has 0 bridgehead atoms. The van der Waals surface area contributed by atoms with Gasteiger partial charge in [0.2, 0.25) is 0 Å². The first-order chi connectivity index (χ1) is 7.42. The van der Waals surface area contributed by atoms with E-state index in [0.717, 1.165) is 0 Å². The summed E-state index contributed by atoms with van der Waals surface area (Å²) in [5.74, 6) is -0.214. The molecule has 0 aliphatic heterocycles. The summed E-state index contributed by atoms with van der Waals surface area (Å²) in [4.78, 5) is 28.3. The minimum Gasteiger partial charge on any atom is -0.481 e. The second-order valence-corrected chi connectivity index (χ2v) is 5.11. The van der Waals surface area contributed by atoms with Gasteiger partial charge in [-0.15, -0.1) is 0 Å². The highest BCUT2D eigenvalue weighted by molar-refractivity contribution is 7.99. The third kappa shape index (κ3) is 3.69. The Bertz CT molecular complexity index is 428. The van der Waals surface area contributed by atoms with Gasteiger partial charge >= 0.3 is 5.97 Å². The van der Waals surface area contributed by atoms with Crippen molar-refractivity contribution in [1.29, 1.82) is 0 Å². The van der Waals surface area contributed by atoms with Crippen LogP contribution < -0.4 is 5.56 Å². The van der Waals surface area contributed by atoms with Crippen LogP contribution in [0.1, 0.15) is 20.3 Å². The van der Waals surface area contributed by atoms with Gasteiger partial charge in [0, 0.05) is 18.0 Å². The third-order valence-corrected chi connectivity index (χ3v) is 3.08. The Morgan fingerprint density at radius 3 is 2.88 bits per heavy atom. The van der Waals surface area contributed by atoms with Crippen molar-refractivity contribution in [2.75, 3.05) is 5.75 Å². The lowest BCUT2D eigenvalue weighted by Gasteiger charge is -2.17. The fourth-order valence-electron chi connectivity index (χ4n) is 0.935. The van der Waals surface area contributed by atoms with Crippen LogP contribution in [0.3, 0.4) is 0 Å². The molecule has 5 nitrogen and oxygen atoms in total. The van der Waals surface area contributed by atoms with Gasteiger partial charge in [-0.1, -0.05) is 11.8 Å². The van der Waals surface area contributed by atoms with Gasteiger partial charge in [0.05, 0.1) is 5.41 Å². The fraction of sp³-hybridized carbons (Fsp3) is 0.500. The number of carboxylic acid groups (broad SMARTS) is 1. The number of nitrogens with zero attached hydrogens (tertiary/aromatic N) is 1. The van der Waals surface area contributed by atoms with Gasteiger partial charge in [0.1, 0.15) is 0 Å². The highest BCUT2D eigenvalue weighted by Crippen LogP contribution is 2.24. The predicted molar refractivity (Wildman–Crippen MR) is 61.6 cm³/mol. The first kappa shape index (κ1) is 12.8. The number of aromatic amines is 1. The molecule has 1 rings (SSSR count). The van der Waals surface area contributed by atoms with Crippen molar-refractivity contribution in [3.63, 3.8) is 0 Å². The average molecular weight is 242 g/mol. The molecule has 1 aromatic rings. The normalized spacial score (nSPS) is 11.4. The van der Waals surface area contributed by atoms with Gasteiger partial charge in [-0.3, -0.25) is 9.59 Å². The zero-order chi connectivity index (χ0) is 12.2. The Labute approximate surface area is 97.3 Å². The molecule has 0 aromatic carbocycles. The van der Waals surface area contributed by atoms with Gasteiger partial charge in [0.15, 0.2) is 5.16 Å². The van der Waals surface area contributed by atoms with E-state index in [1.807, 2.05) is 0 Å². The summed E-state index contributed by atoms with van der Waals surface area (Å²) < 4.78 is 0. The van der Waals surface area contributed by atoms with E-state index in [9.17, 15) is 9.59 Å². The van der Waals surface area contributed by atoms with E-state index < -0.39 is 11.4 Å². The van der Waals surface area contributed by atoms with E-state index >= 15 is 0 Å². The number of H-pyrrole nitrogens is 1. The lowest BCUT2D eigenvalue weighted by atomic mass is 9.91. The SMILES string of the molecule is CC(C)(CCSc1nccc(=O)[nH]1)C(=O)O. The summed E-state index contributed by atoms with van der Waals surface area (Å²) in [6.45, 7) is 3.36. The Morgan fingerprint density at radius 1 is 1.62 bits per heavy atom. The number of aromatic nitrogens is 2. The highest BCUT2D eigenvalue weighted by Gasteiger charge is 2.26. The van der Waals surface area contributed by atoms with Crippen LogP contribution in [0.4, 0.5) is 0 Å². The molecule has 0 spiro atoms. The van der Waals surface area contributed by atoms with Crippen LogP contribution in [0.2, 0.25) is 0 Å². The van der Waals surface area contributed by atoms with Gasteiger partial charge in [-0.25, -0.2) is 4.98 Å². The van der Waals surface area contributed by atoms with Crippen molar-refractivity contribution < 1.29 is 9.90 Å². The molecule has 1 heterocycles. The molecule has 0 atom stereocenters. The number of aliphatic carboxylic acids is 1. The molecule has 0 saturated heterocycles. The van der Waals surface area contributed by atoms with Crippen LogP contribution in [0.5, 0.6) is 0 Å². The summed E-state index contributed by atoms with van der Waals surface area (Å²) >= 11 is 1.35. The van der Waals surface area contributed by atoms with Crippen molar-refractivity contribution in [3.05, 3.63) is 22.6 Å². The Kier molecular flexibility index (Phi) is 4.12. The molecule has 0 saturated carbocycles. The fourth-order valence-corrected chi connectivity index (χ4v) is 2.05. The van der Waals surface area contributed by atoms with Gasteiger partial charge in [-0.05, 0) is 20.3 Å². The number of hydrogen-bond donors (Lipinski definition) is 2. The van der Waals surface area contributed by atoms with Crippen LogP contribution in [0.25, 0.3) is 0 Å². The monoisotopic (exact) mass is 242 g/mol. The lowest BCUT2D eigenvalue weighted by molar-refractivity contribution is -0.146. The minimum absolute atomic E-state index is 0.199. The van der Waals surface area contributed by atoms with Gasteiger partial charge < -0.3 is 10.1 Å². The van der Waals surface area contributed by atoms with Gasteiger partial charge in [-0.2, -0.15) is 0 Å². The number of rotatable bonds is 5. The minimum atomic E-state index is -0.817. The predicted octanol–water partition coefficient (Wildman–Crippen LogP) is 1.36.